The van der Waals surface area contributed by atoms with Crippen molar-refractivity contribution in [3.63, 3.8) is 0 Å². The van der Waals surface area contributed by atoms with Crippen LogP contribution in [0.2, 0.25) is 0 Å². The molecule has 82 valence electrons. The maximum Gasteiger partial charge on any atom is 0.128 e. The Hall–Kier alpha value is -0.450. The topological polar surface area (TPSA) is 29.3 Å². The third kappa shape index (κ3) is 2.77. The van der Waals surface area contributed by atoms with E-state index < -0.39 is 0 Å². The number of rotatable bonds is 2. The molecule has 0 saturated carbocycles. The minimum Gasteiger partial charge on any atom is -0.326 e. The van der Waals surface area contributed by atoms with Crippen LogP contribution in [0.25, 0.3) is 0 Å². The van der Waals surface area contributed by atoms with E-state index in [0.29, 0.717) is 6.54 Å². The minimum atomic E-state index is -0.148. The van der Waals surface area contributed by atoms with Gasteiger partial charge in [0.05, 0.1) is 0 Å². The van der Waals surface area contributed by atoms with Crippen LogP contribution in [0.1, 0.15) is 12.0 Å². The van der Waals surface area contributed by atoms with Gasteiger partial charge in [0.1, 0.15) is 5.82 Å². The highest BCUT2D eigenvalue weighted by molar-refractivity contribution is 9.10. The highest BCUT2D eigenvalue weighted by Crippen LogP contribution is 2.18. The van der Waals surface area contributed by atoms with Gasteiger partial charge < -0.3 is 5.73 Å². The Morgan fingerprint density at radius 3 is 2.93 bits per heavy atom. The fourth-order valence-electron chi connectivity index (χ4n) is 1.90. The quantitative estimate of drug-likeness (QED) is 0.894. The Labute approximate surface area is 97.4 Å². The van der Waals surface area contributed by atoms with Crippen LogP contribution in [-0.4, -0.2) is 24.0 Å². The first-order valence-electron chi connectivity index (χ1n) is 5.07. The molecule has 15 heavy (non-hydrogen) atoms. The van der Waals surface area contributed by atoms with Crippen molar-refractivity contribution < 1.29 is 4.39 Å². The van der Waals surface area contributed by atoms with Crippen LogP contribution in [-0.2, 0) is 6.54 Å². The van der Waals surface area contributed by atoms with Gasteiger partial charge in [-0.1, -0.05) is 22.0 Å². The molecule has 1 atom stereocenters. The lowest BCUT2D eigenvalue weighted by Gasteiger charge is -2.15. The SMILES string of the molecule is N[C@H]1CCN(Cc2ccc(Br)cc2F)C1. The molecule has 0 radical (unpaired) electrons. The van der Waals surface area contributed by atoms with Gasteiger partial charge in [0.2, 0.25) is 0 Å². The van der Waals surface area contributed by atoms with E-state index in [1.54, 1.807) is 0 Å². The monoisotopic (exact) mass is 272 g/mol. The van der Waals surface area contributed by atoms with E-state index in [9.17, 15) is 4.39 Å². The molecule has 1 aromatic carbocycles. The highest BCUT2D eigenvalue weighted by Gasteiger charge is 2.19. The lowest BCUT2D eigenvalue weighted by Crippen LogP contribution is -2.26. The van der Waals surface area contributed by atoms with E-state index in [-0.39, 0.29) is 11.9 Å². The summed E-state index contributed by atoms with van der Waals surface area (Å²) in [6.07, 6.45) is 1.01. The van der Waals surface area contributed by atoms with Crippen molar-refractivity contribution >= 4 is 15.9 Å². The summed E-state index contributed by atoms with van der Waals surface area (Å²) in [5.74, 6) is -0.148. The van der Waals surface area contributed by atoms with E-state index in [1.807, 2.05) is 12.1 Å². The molecule has 0 bridgehead atoms. The van der Waals surface area contributed by atoms with Gasteiger partial charge in [-0.15, -0.1) is 0 Å². The summed E-state index contributed by atoms with van der Waals surface area (Å²) in [7, 11) is 0. The van der Waals surface area contributed by atoms with Gasteiger partial charge >= 0.3 is 0 Å². The smallest absolute Gasteiger partial charge is 0.128 e. The first-order chi connectivity index (χ1) is 7.15. The minimum absolute atomic E-state index is 0.148. The average Bonchev–Trinajstić information content (AvgIpc) is 2.56. The van der Waals surface area contributed by atoms with Crippen LogP contribution < -0.4 is 5.73 Å². The molecule has 2 nitrogen and oxygen atoms in total. The van der Waals surface area contributed by atoms with Gasteiger partial charge in [0.15, 0.2) is 0 Å². The Kier molecular flexibility index (Phi) is 3.38. The van der Waals surface area contributed by atoms with E-state index in [1.165, 1.54) is 6.07 Å². The van der Waals surface area contributed by atoms with Crippen LogP contribution in [0.5, 0.6) is 0 Å². The number of nitrogens with zero attached hydrogens (tertiary/aromatic N) is 1. The molecule has 4 heteroatoms. The molecule has 1 saturated heterocycles. The molecule has 1 aliphatic rings. The van der Waals surface area contributed by atoms with Crippen molar-refractivity contribution in [2.45, 2.75) is 19.0 Å². The van der Waals surface area contributed by atoms with Crippen molar-refractivity contribution in [3.8, 4) is 0 Å². The molecular weight excluding hydrogens is 259 g/mol. The fourth-order valence-corrected chi connectivity index (χ4v) is 2.23. The number of benzene rings is 1. The first-order valence-corrected chi connectivity index (χ1v) is 5.86. The lowest BCUT2D eigenvalue weighted by atomic mass is 10.2. The van der Waals surface area contributed by atoms with Crippen molar-refractivity contribution in [2.24, 2.45) is 5.73 Å². The molecule has 0 aromatic heterocycles. The third-order valence-corrected chi connectivity index (χ3v) is 3.21. The lowest BCUT2D eigenvalue weighted by molar-refractivity contribution is 0.321. The predicted octanol–water partition coefficient (Wildman–Crippen LogP) is 2.12. The molecule has 1 fully saturated rings. The molecule has 2 rings (SSSR count). The van der Waals surface area contributed by atoms with Crippen molar-refractivity contribution in [2.75, 3.05) is 13.1 Å². The summed E-state index contributed by atoms with van der Waals surface area (Å²) < 4.78 is 14.3. The zero-order chi connectivity index (χ0) is 10.8. The van der Waals surface area contributed by atoms with E-state index in [0.717, 1.165) is 29.5 Å². The standard InChI is InChI=1S/C11H14BrFN2/c12-9-2-1-8(11(13)5-9)6-15-4-3-10(14)7-15/h1-2,5,10H,3-4,6-7,14H2/t10-/m0/s1. The Morgan fingerprint density at radius 1 is 1.53 bits per heavy atom. The van der Waals surface area contributed by atoms with Gasteiger partial charge in [-0.2, -0.15) is 0 Å². The maximum atomic E-state index is 13.5. The normalized spacial score (nSPS) is 22.2. The van der Waals surface area contributed by atoms with Gasteiger partial charge in [0.25, 0.3) is 0 Å². The molecule has 0 spiro atoms. The summed E-state index contributed by atoms with van der Waals surface area (Å²) in [6.45, 7) is 2.50. The van der Waals surface area contributed by atoms with Crippen LogP contribution in [0.3, 0.4) is 0 Å². The molecule has 0 amide bonds. The van der Waals surface area contributed by atoms with Crippen LogP contribution in [0, 0.1) is 5.82 Å². The summed E-state index contributed by atoms with van der Waals surface area (Å²) in [5.41, 5.74) is 6.54. The van der Waals surface area contributed by atoms with Crippen molar-refractivity contribution in [3.05, 3.63) is 34.1 Å². The van der Waals surface area contributed by atoms with Crippen molar-refractivity contribution in [1.82, 2.24) is 4.90 Å². The van der Waals surface area contributed by atoms with Gasteiger partial charge in [-0.25, -0.2) is 4.39 Å². The summed E-state index contributed by atoms with van der Waals surface area (Å²) in [5, 5.41) is 0. The van der Waals surface area contributed by atoms with E-state index in [2.05, 4.69) is 20.8 Å². The Balaban J connectivity index is 2.04. The highest BCUT2D eigenvalue weighted by atomic mass is 79.9. The van der Waals surface area contributed by atoms with Gasteiger partial charge in [-0.3, -0.25) is 4.90 Å². The molecule has 1 heterocycles. The number of halogens is 2. The molecule has 1 aliphatic heterocycles. The third-order valence-electron chi connectivity index (χ3n) is 2.72. The molecular formula is C11H14BrFN2. The Morgan fingerprint density at radius 2 is 2.33 bits per heavy atom. The first kappa shape index (κ1) is 11.0. The van der Waals surface area contributed by atoms with Gasteiger partial charge in [-0.05, 0) is 18.6 Å². The summed E-state index contributed by atoms with van der Waals surface area (Å²) in [4.78, 5) is 2.19. The van der Waals surface area contributed by atoms with Crippen LogP contribution in [0.4, 0.5) is 4.39 Å². The zero-order valence-corrected chi connectivity index (χ0v) is 10.0. The second-order valence-corrected chi connectivity index (χ2v) is 4.94. The largest absolute Gasteiger partial charge is 0.326 e. The molecule has 2 N–H and O–H groups in total. The number of hydrogen-bond donors (Lipinski definition) is 1. The summed E-state index contributed by atoms with van der Waals surface area (Å²) >= 11 is 3.24. The van der Waals surface area contributed by atoms with Gasteiger partial charge in [0, 0.05) is 35.7 Å². The van der Waals surface area contributed by atoms with Crippen molar-refractivity contribution in [1.29, 1.82) is 0 Å². The summed E-state index contributed by atoms with van der Waals surface area (Å²) in [6, 6.07) is 5.45. The number of likely N-dealkylation sites (tertiary alicyclic amines) is 1. The molecule has 1 aromatic rings. The second kappa shape index (κ2) is 4.60. The second-order valence-electron chi connectivity index (χ2n) is 4.02. The Bertz CT molecular complexity index is 356. The zero-order valence-electron chi connectivity index (χ0n) is 8.42. The number of nitrogens with two attached hydrogens (primary N) is 1. The van der Waals surface area contributed by atoms with E-state index >= 15 is 0 Å². The van der Waals surface area contributed by atoms with Crippen LogP contribution >= 0.6 is 15.9 Å². The molecule has 0 aliphatic carbocycles. The molecule has 0 unspecified atom stereocenters. The fraction of sp³-hybridized carbons (Fsp3) is 0.455. The number of hydrogen-bond acceptors (Lipinski definition) is 2. The van der Waals surface area contributed by atoms with E-state index in [4.69, 9.17) is 5.73 Å². The average molecular weight is 273 g/mol. The maximum absolute atomic E-state index is 13.5. The van der Waals surface area contributed by atoms with Crippen LogP contribution in [0.15, 0.2) is 22.7 Å². The predicted molar refractivity (Wildman–Crippen MR) is 62.0 cm³/mol.